The maximum atomic E-state index is 14.3. The van der Waals surface area contributed by atoms with Gasteiger partial charge in [0.1, 0.15) is 0 Å². The third-order valence-corrected chi connectivity index (χ3v) is 9.59. The Morgan fingerprint density at radius 3 is 2.34 bits per heavy atom. The second-order valence-electron chi connectivity index (χ2n) is 10.7. The van der Waals surface area contributed by atoms with Gasteiger partial charge in [0, 0.05) is 42.6 Å². The van der Waals surface area contributed by atoms with Crippen molar-refractivity contribution in [1.82, 2.24) is 13.9 Å². The van der Waals surface area contributed by atoms with Crippen molar-refractivity contribution in [3.63, 3.8) is 0 Å². The predicted octanol–water partition coefficient (Wildman–Crippen LogP) is 4.71. The fraction of sp³-hybridized carbons (Fsp3) is 0.481. The summed E-state index contributed by atoms with van der Waals surface area (Å²) in [5.41, 5.74) is 0.524. The van der Waals surface area contributed by atoms with Crippen molar-refractivity contribution in [2.75, 3.05) is 20.6 Å². The van der Waals surface area contributed by atoms with E-state index in [1.54, 1.807) is 30.0 Å². The van der Waals surface area contributed by atoms with E-state index in [1.807, 2.05) is 30.3 Å². The number of aliphatic carboxylic acids is 1. The van der Waals surface area contributed by atoms with E-state index >= 15 is 0 Å². The van der Waals surface area contributed by atoms with E-state index in [0.29, 0.717) is 16.5 Å². The number of piperidine rings is 1. The molecule has 1 saturated carbocycles. The van der Waals surface area contributed by atoms with Crippen molar-refractivity contribution in [2.45, 2.75) is 50.6 Å². The fourth-order valence-electron chi connectivity index (χ4n) is 5.54. The van der Waals surface area contributed by atoms with Crippen LogP contribution in [0.2, 0.25) is 10.0 Å². The molecule has 1 saturated heterocycles. The van der Waals surface area contributed by atoms with Gasteiger partial charge in [-0.25, -0.2) is 4.72 Å². The van der Waals surface area contributed by atoms with Gasteiger partial charge in [-0.3, -0.25) is 9.59 Å². The SMILES string of the molecule is CN(C)S(=O)(=O)NC[C@H](C1CC1)N1C(=O)[C@](C)(CC(=O)O)C[C@H](c2cccc(Cl)c2)[C@H]1c1ccc(Cl)cc1. The van der Waals surface area contributed by atoms with Crippen molar-refractivity contribution in [2.24, 2.45) is 11.3 Å². The number of carboxylic acids is 1. The maximum absolute atomic E-state index is 14.3. The van der Waals surface area contributed by atoms with E-state index < -0.39 is 33.7 Å². The van der Waals surface area contributed by atoms with Crippen LogP contribution in [0.15, 0.2) is 48.5 Å². The molecule has 38 heavy (non-hydrogen) atoms. The van der Waals surface area contributed by atoms with E-state index in [-0.39, 0.29) is 30.7 Å². The van der Waals surface area contributed by atoms with Crippen LogP contribution < -0.4 is 4.72 Å². The Bertz CT molecular complexity index is 1300. The summed E-state index contributed by atoms with van der Waals surface area (Å²) in [5.74, 6) is -1.56. The minimum Gasteiger partial charge on any atom is -0.481 e. The highest BCUT2D eigenvalue weighted by Gasteiger charge is 2.54. The number of nitrogens with one attached hydrogen (secondary N) is 1. The molecule has 1 aliphatic heterocycles. The minimum absolute atomic E-state index is 0.0203. The largest absolute Gasteiger partial charge is 0.481 e. The Kier molecular flexibility index (Phi) is 8.45. The Hall–Kier alpha value is -2.17. The smallest absolute Gasteiger partial charge is 0.304 e. The van der Waals surface area contributed by atoms with Crippen molar-refractivity contribution < 1.29 is 23.1 Å². The molecule has 8 nitrogen and oxygen atoms in total. The van der Waals surface area contributed by atoms with Crippen LogP contribution in [-0.2, 0) is 19.8 Å². The molecule has 2 aliphatic rings. The lowest BCUT2D eigenvalue weighted by Gasteiger charge is -2.52. The molecule has 1 amide bonds. The lowest BCUT2D eigenvalue weighted by atomic mass is 9.67. The van der Waals surface area contributed by atoms with Gasteiger partial charge in [0.25, 0.3) is 10.2 Å². The van der Waals surface area contributed by atoms with Gasteiger partial charge in [-0.2, -0.15) is 12.7 Å². The molecule has 2 fully saturated rings. The topological polar surface area (TPSA) is 107 Å². The molecule has 1 aliphatic carbocycles. The quantitative estimate of drug-likeness (QED) is 0.422. The van der Waals surface area contributed by atoms with Gasteiger partial charge in [0.2, 0.25) is 5.91 Å². The van der Waals surface area contributed by atoms with E-state index in [1.165, 1.54) is 14.1 Å². The number of carbonyl (C=O) groups is 2. The molecule has 206 valence electrons. The lowest BCUT2D eigenvalue weighted by molar-refractivity contribution is -0.161. The molecule has 0 unspecified atom stereocenters. The number of hydrogen-bond acceptors (Lipinski definition) is 4. The summed E-state index contributed by atoms with van der Waals surface area (Å²) < 4.78 is 29.0. The van der Waals surface area contributed by atoms with E-state index in [2.05, 4.69) is 4.72 Å². The second kappa shape index (κ2) is 11.1. The Morgan fingerprint density at radius 1 is 1.13 bits per heavy atom. The number of benzene rings is 2. The number of carboxylic acid groups (broad SMARTS) is 1. The maximum Gasteiger partial charge on any atom is 0.304 e. The lowest BCUT2D eigenvalue weighted by Crippen LogP contribution is -2.59. The zero-order valence-corrected chi connectivity index (χ0v) is 23.9. The average molecular weight is 583 g/mol. The number of hydrogen-bond donors (Lipinski definition) is 2. The zero-order valence-electron chi connectivity index (χ0n) is 21.6. The van der Waals surface area contributed by atoms with E-state index in [0.717, 1.165) is 28.3 Å². The Labute approximate surface area is 234 Å². The van der Waals surface area contributed by atoms with Crippen LogP contribution in [0.3, 0.4) is 0 Å². The summed E-state index contributed by atoms with van der Waals surface area (Å²) in [5, 5.41) is 10.9. The molecule has 0 radical (unpaired) electrons. The van der Waals surface area contributed by atoms with Crippen LogP contribution >= 0.6 is 23.2 Å². The second-order valence-corrected chi connectivity index (χ2v) is 13.6. The first-order valence-electron chi connectivity index (χ1n) is 12.5. The molecule has 4 rings (SSSR count). The summed E-state index contributed by atoms with van der Waals surface area (Å²) in [6.45, 7) is 1.71. The Balaban J connectivity index is 1.88. The molecule has 0 spiro atoms. The molecule has 4 atom stereocenters. The number of amides is 1. The number of likely N-dealkylation sites (tertiary alicyclic amines) is 1. The van der Waals surface area contributed by atoms with Gasteiger partial charge in [-0.15, -0.1) is 0 Å². The van der Waals surface area contributed by atoms with Crippen molar-refractivity contribution in [1.29, 1.82) is 0 Å². The predicted molar refractivity (Wildman–Crippen MR) is 147 cm³/mol. The Morgan fingerprint density at radius 2 is 1.79 bits per heavy atom. The fourth-order valence-corrected chi connectivity index (χ4v) is 6.50. The number of carbonyl (C=O) groups excluding carboxylic acids is 1. The average Bonchev–Trinajstić information content (AvgIpc) is 3.67. The molecular formula is C27H33Cl2N3O5S. The first-order valence-corrected chi connectivity index (χ1v) is 14.7. The summed E-state index contributed by atoms with van der Waals surface area (Å²) in [6, 6.07) is 13.7. The van der Waals surface area contributed by atoms with Gasteiger partial charge in [0.05, 0.1) is 17.9 Å². The van der Waals surface area contributed by atoms with Crippen LogP contribution in [-0.4, -0.2) is 61.3 Å². The summed E-state index contributed by atoms with van der Waals surface area (Å²) in [4.78, 5) is 28.0. The minimum atomic E-state index is -3.75. The van der Waals surface area contributed by atoms with Crippen molar-refractivity contribution >= 4 is 45.3 Å². The summed E-state index contributed by atoms with van der Waals surface area (Å²) in [6.07, 6.45) is 1.66. The number of halogens is 2. The van der Waals surface area contributed by atoms with Gasteiger partial charge in [-0.05, 0) is 60.6 Å². The number of nitrogens with zero attached hydrogens (tertiary/aromatic N) is 2. The van der Waals surface area contributed by atoms with Gasteiger partial charge in [0.15, 0.2) is 0 Å². The molecule has 0 bridgehead atoms. The van der Waals surface area contributed by atoms with Crippen LogP contribution in [0.5, 0.6) is 0 Å². The van der Waals surface area contributed by atoms with Gasteiger partial charge >= 0.3 is 5.97 Å². The first-order chi connectivity index (χ1) is 17.8. The van der Waals surface area contributed by atoms with Gasteiger partial charge < -0.3 is 10.0 Å². The number of rotatable bonds is 10. The molecule has 11 heteroatoms. The van der Waals surface area contributed by atoms with Crippen LogP contribution in [0.1, 0.15) is 55.7 Å². The van der Waals surface area contributed by atoms with Gasteiger partial charge in [-0.1, -0.05) is 54.4 Å². The highest BCUT2D eigenvalue weighted by atomic mass is 35.5. The van der Waals surface area contributed by atoms with Crippen molar-refractivity contribution in [3.05, 3.63) is 69.7 Å². The first kappa shape index (κ1) is 28.8. The monoisotopic (exact) mass is 581 g/mol. The third kappa shape index (κ3) is 6.18. The molecule has 2 N–H and O–H groups in total. The van der Waals surface area contributed by atoms with Crippen LogP contribution in [0, 0.1) is 11.3 Å². The normalized spacial score (nSPS) is 25.0. The van der Waals surface area contributed by atoms with Crippen LogP contribution in [0.4, 0.5) is 0 Å². The standard InChI is InChI=1S/C27H33Cl2N3O5S/c1-27(15-24(33)34)14-22(19-5-4-6-21(29)13-19)25(18-9-11-20(28)12-10-18)32(26(27)35)23(17-7-8-17)16-30-38(36,37)31(2)3/h4-6,9-13,17,22-23,25,30H,7-8,14-16H2,1-3H3,(H,33,34)/t22-,23-,25-,27+/m1/s1. The van der Waals surface area contributed by atoms with Crippen LogP contribution in [0.25, 0.3) is 0 Å². The summed E-state index contributed by atoms with van der Waals surface area (Å²) >= 11 is 12.6. The van der Waals surface area contributed by atoms with E-state index in [9.17, 15) is 23.1 Å². The molecular weight excluding hydrogens is 549 g/mol. The molecule has 2 aromatic carbocycles. The highest BCUT2D eigenvalue weighted by Crippen LogP contribution is 2.54. The van der Waals surface area contributed by atoms with Crippen molar-refractivity contribution in [3.8, 4) is 0 Å². The zero-order chi connectivity index (χ0) is 27.8. The third-order valence-electron chi connectivity index (χ3n) is 7.61. The molecule has 2 aromatic rings. The molecule has 1 heterocycles. The van der Waals surface area contributed by atoms with E-state index in [4.69, 9.17) is 23.2 Å². The summed E-state index contributed by atoms with van der Waals surface area (Å²) in [7, 11) is -0.864. The highest BCUT2D eigenvalue weighted by molar-refractivity contribution is 7.87. The molecule has 0 aromatic heterocycles.